The van der Waals surface area contributed by atoms with Crippen molar-refractivity contribution in [2.75, 3.05) is 0 Å². The first-order valence-corrected chi connectivity index (χ1v) is 6.13. The van der Waals surface area contributed by atoms with Gasteiger partial charge >= 0.3 is 0 Å². The lowest BCUT2D eigenvalue weighted by atomic mass is 10.1. The summed E-state index contributed by atoms with van der Waals surface area (Å²) < 4.78 is 1.75. The summed E-state index contributed by atoms with van der Waals surface area (Å²) in [6, 6.07) is 2.15. The highest BCUT2D eigenvalue weighted by atomic mass is 35.5. The minimum atomic E-state index is 0.484. The standard InChI is InChI=1S/C12H18ClN3/c1-4-5-6-16-12(13)10(8-14)11(15-16)7-9(2)3/h9H,4-7H2,1-3H3. The molecule has 0 amide bonds. The molecule has 0 unspecified atom stereocenters. The normalized spacial score (nSPS) is 10.8. The quantitative estimate of drug-likeness (QED) is 0.790. The smallest absolute Gasteiger partial charge is 0.145 e. The van der Waals surface area contributed by atoms with Gasteiger partial charge in [-0.2, -0.15) is 10.4 Å². The molecule has 0 fully saturated rings. The molecular weight excluding hydrogens is 222 g/mol. The van der Waals surface area contributed by atoms with E-state index in [0.29, 0.717) is 16.6 Å². The molecule has 0 radical (unpaired) electrons. The highest BCUT2D eigenvalue weighted by Crippen LogP contribution is 2.21. The summed E-state index contributed by atoms with van der Waals surface area (Å²) in [6.07, 6.45) is 2.94. The van der Waals surface area contributed by atoms with Crippen LogP contribution in [0.5, 0.6) is 0 Å². The fraction of sp³-hybridized carbons (Fsp3) is 0.667. The van der Waals surface area contributed by atoms with Crippen molar-refractivity contribution in [3.05, 3.63) is 16.4 Å². The van der Waals surface area contributed by atoms with Gasteiger partial charge in [0.15, 0.2) is 0 Å². The Balaban J connectivity index is 2.96. The van der Waals surface area contributed by atoms with Crippen LogP contribution in [-0.2, 0) is 13.0 Å². The number of nitriles is 1. The number of hydrogen-bond acceptors (Lipinski definition) is 2. The zero-order chi connectivity index (χ0) is 12.1. The van der Waals surface area contributed by atoms with Crippen molar-refractivity contribution in [2.45, 2.75) is 46.6 Å². The van der Waals surface area contributed by atoms with Crippen LogP contribution in [0.2, 0.25) is 5.15 Å². The van der Waals surface area contributed by atoms with E-state index >= 15 is 0 Å². The predicted octanol–water partition coefficient (Wildman–Crippen LogP) is 3.41. The van der Waals surface area contributed by atoms with Crippen LogP contribution >= 0.6 is 11.6 Å². The van der Waals surface area contributed by atoms with E-state index in [0.717, 1.165) is 31.5 Å². The van der Waals surface area contributed by atoms with Crippen LogP contribution in [0.25, 0.3) is 0 Å². The number of hydrogen-bond donors (Lipinski definition) is 0. The van der Waals surface area contributed by atoms with Crippen molar-refractivity contribution in [3.63, 3.8) is 0 Å². The van der Waals surface area contributed by atoms with Gasteiger partial charge in [0.25, 0.3) is 0 Å². The molecule has 0 spiro atoms. The Kier molecular flexibility index (Phi) is 4.82. The number of nitrogens with zero attached hydrogens (tertiary/aromatic N) is 3. The number of rotatable bonds is 5. The maximum absolute atomic E-state index is 9.06. The van der Waals surface area contributed by atoms with Crippen LogP contribution in [0.4, 0.5) is 0 Å². The molecular formula is C12H18ClN3. The third-order valence-corrected chi connectivity index (χ3v) is 2.78. The molecule has 0 aliphatic carbocycles. The van der Waals surface area contributed by atoms with E-state index in [1.165, 1.54) is 0 Å². The van der Waals surface area contributed by atoms with Crippen molar-refractivity contribution in [2.24, 2.45) is 5.92 Å². The SMILES string of the molecule is CCCCn1nc(CC(C)C)c(C#N)c1Cl. The van der Waals surface area contributed by atoms with Gasteiger partial charge in [0.1, 0.15) is 16.8 Å². The average molecular weight is 240 g/mol. The zero-order valence-electron chi connectivity index (χ0n) is 10.1. The summed E-state index contributed by atoms with van der Waals surface area (Å²) in [4.78, 5) is 0. The summed E-state index contributed by atoms with van der Waals surface area (Å²) in [5, 5.41) is 14.0. The Morgan fingerprint density at radius 1 is 1.50 bits per heavy atom. The first-order chi connectivity index (χ1) is 7.60. The second kappa shape index (κ2) is 5.91. The van der Waals surface area contributed by atoms with Gasteiger partial charge < -0.3 is 0 Å². The Hall–Kier alpha value is -1.01. The first-order valence-electron chi connectivity index (χ1n) is 5.75. The van der Waals surface area contributed by atoms with Crippen LogP contribution in [0.3, 0.4) is 0 Å². The van der Waals surface area contributed by atoms with Crippen molar-refractivity contribution in [1.29, 1.82) is 5.26 Å². The molecule has 0 bridgehead atoms. The Morgan fingerprint density at radius 2 is 2.19 bits per heavy atom. The van der Waals surface area contributed by atoms with E-state index in [2.05, 4.69) is 31.9 Å². The Bertz CT molecular complexity index is 388. The van der Waals surface area contributed by atoms with E-state index in [1.54, 1.807) is 4.68 Å². The molecule has 1 rings (SSSR count). The Labute approximate surface area is 102 Å². The molecule has 0 saturated carbocycles. The van der Waals surface area contributed by atoms with Gasteiger partial charge in [-0.15, -0.1) is 0 Å². The second-order valence-electron chi connectivity index (χ2n) is 4.40. The average Bonchev–Trinajstić information content (AvgIpc) is 2.51. The van der Waals surface area contributed by atoms with E-state index in [4.69, 9.17) is 16.9 Å². The molecule has 4 heteroatoms. The van der Waals surface area contributed by atoms with E-state index in [-0.39, 0.29) is 0 Å². The summed E-state index contributed by atoms with van der Waals surface area (Å²) in [7, 11) is 0. The zero-order valence-corrected chi connectivity index (χ0v) is 10.9. The largest absolute Gasteiger partial charge is 0.252 e. The van der Waals surface area contributed by atoms with Crippen molar-refractivity contribution in [3.8, 4) is 6.07 Å². The van der Waals surface area contributed by atoms with Gasteiger partial charge in [-0.05, 0) is 18.8 Å². The maximum atomic E-state index is 9.06. The summed E-state index contributed by atoms with van der Waals surface area (Å²) in [6.45, 7) is 7.14. The van der Waals surface area contributed by atoms with Gasteiger partial charge in [-0.1, -0.05) is 38.8 Å². The minimum absolute atomic E-state index is 0.484. The summed E-state index contributed by atoms with van der Waals surface area (Å²) >= 11 is 6.13. The second-order valence-corrected chi connectivity index (χ2v) is 4.76. The molecule has 0 aromatic carbocycles. The molecule has 1 heterocycles. The van der Waals surface area contributed by atoms with Crippen LogP contribution in [-0.4, -0.2) is 9.78 Å². The number of aromatic nitrogens is 2. The molecule has 3 nitrogen and oxygen atoms in total. The monoisotopic (exact) mass is 239 g/mol. The van der Waals surface area contributed by atoms with Gasteiger partial charge in [0.2, 0.25) is 0 Å². The van der Waals surface area contributed by atoms with E-state index in [1.807, 2.05) is 0 Å². The maximum Gasteiger partial charge on any atom is 0.145 e. The van der Waals surface area contributed by atoms with Gasteiger partial charge in [0, 0.05) is 6.54 Å². The fourth-order valence-electron chi connectivity index (χ4n) is 1.58. The third kappa shape index (κ3) is 2.99. The lowest BCUT2D eigenvalue weighted by Crippen LogP contribution is -2.02. The van der Waals surface area contributed by atoms with Gasteiger partial charge in [0.05, 0.1) is 5.69 Å². The number of unbranched alkanes of at least 4 members (excludes halogenated alkanes) is 1. The third-order valence-electron chi connectivity index (χ3n) is 2.40. The Morgan fingerprint density at radius 3 is 2.69 bits per heavy atom. The summed E-state index contributed by atoms with van der Waals surface area (Å²) in [5.41, 5.74) is 1.38. The lowest BCUT2D eigenvalue weighted by Gasteiger charge is -2.01. The van der Waals surface area contributed by atoms with Crippen LogP contribution in [0.15, 0.2) is 0 Å². The molecule has 0 aliphatic rings. The van der Waals surface area contributed by atoms with Gasteiger partial charge in [-0.3, -0.25) is 4.68 Å². The topological polar surface area (TPSA) is 41.6 Å². The van der Waals surface area contributed by atoms with Crippen LogP contribution < -0.4 is 0 Å². The molecule has 1 aromatic heterocycles. The molecule has 1 aromatic rings. The lowest BCUT2D eigenvalue weighted by molar-refractivity contribution is 0.553. The highest BCUT2D eigenvalue weighted by Gasteiger charge is 2.16. The minimum Gasteiger partial charge on any atom is -0.252 e. The molecule has 0 atom stereocenters. The molecule has 0 saturated heterocycles. The number of halogens is 1. The van der Waals surface area contributed by atoms with Crippen molar-refractivity contribution >= 4 is 11.6 Å². The van der Waals surface area contributed by atoms with E-state index in [9.17, 15) is 0 Å². The number of aryl methyl sites for hydroxylation is 1. The van der Waals surface area contributed by atoms with Gasteiger partial charge in [-0.25, -0.2) is 0 Å². The fourth-order valence-corrected chi connectivity index (χ4v) is 1.86. The molecule has 0 aliphatic heterocycles. The van der Waals surface area contributed by atoms with E-state index < -0.39 is 0 Å². The first kappa shape index (κ1) is 13.1. The molecule has 16 heavy (non-hydrogen) atoms. The molecule has 0 N–H and O–H groups in total. The molecule has 88 valence electrons. The predicted molar refractivity (Wildman–Crippen MR) is 65.4 cm³/mol. The van der Waals surface area contributed by atoms with Crippen molar-refractivity contribution in [1.82, 2.24) is 9.78 Å². The summed E-state index contributed by atoms with van der Waals surface area (Å²) in [5.74, 6) is 0.484. The van der Waals surface area contributed by atoms with Crippen LogP contribution in [0.1, 0.15) is 44.9 Å². The van der Waals surface area contributed by atoms with Crippen LogP contribution in [0, 0.1) is 17.2 Å². The van der Waals surface area contributed by atoms with Crippen molar-refractivity contribution < 1.29 is 0 Å². The highest BCUT2D eigenvalue weighted by molar-refractivity contribution is 6.30.